The van der Waals surface area contributed by atoms with Gasteiger partial charge in [0, 0.05) is 31.6 Å². The summed E-state index contributed by atoms with van der Waals surface area (Å²) < 4.78 is 2.40. The number of rotatable bonds is 12. The molecule has 0 saturated carbocycles. The second kappa shape index (κ2) is 19.0. The van der Waals surface area contributed by atoms with E-state index in [2.05, 4.69) is 160 Å². The van der Waals surface area contributed by atoms with Crippen molar-refractivity contribution in [2.75, 3.05) is 0 Å². The standard InChI is InChI=1S/C36H38BN2.C14H25O.Ir/c1-21(2)26-19-28(22(3)4)34(29(20-26)23(5)6)37-30-12-9-10-15-33(30)39-35-31(37)13-11-14-32(35)38-36(39)27-17-24(7)16-25(8)18-27;1-6-12(7-2)11(5)10-14(15)13(8-3)9-4;/h9-17,19-23H,1-8H3;5,10,12-13,15H,6-9H2,1-4H3;/q2*-1;/b;14-10-;. The molecule has 3 nitrogen and oxygen atoms in total. The van der Waals surface area contributed by atoms with Gasteiger partial charge in [-0.3, -0.25) is 11.6 Å². The quantitative estimate of drug-likeness (QED) is 0.0575. The molecule has 1 N–H and O–H groups in total. The SMILES string of the molecule is Cc1[c-]c(-c2nc3cccc4c3n2-c2ccccc2B4c2c(C(C)C)cc(C(C)C)cc2C(C)C)cc(C)c1.[CH-]=C(/C=C(\O)C(CC)CC)C(CC)CC.[Ir]. The van der Waals surface area contributed by atoms with Crippen LogP contribution in [0.2, 0.25) is 0 Å². The number of allylic oxidation sites excluding steroid dienone is 3. The van der Waals surface area contributed by atoms with Gasteiger partial charge in [-0.25, -0.2) is 5.57 Å². The molecule has 0 unspecified atom stereocenters. The van der Waals surface area contributed by atoms with Gasteiger partial charge in [0.15, 0.2) is 0 Å². The normalized spacial score (nSPS) is 12.5. The van der Waals surface area contributed by atoms with Crippen molar-refractivity contribution < 1.29 is 25.2 Å². The third-order valence-electron chi connectivity index (χ3n) is 11.5. The summed E-state index contributed by atoms with van der Waals surface area (Å²) in [5, 5.41) is 9.88. The van der Waals surface area contributed by atoms with E-state index in [0.717, 1.165) is 53.7 Å². The zero-order valence-corrected chi connectivity index (χ0v) is 37.9. The summed E-state index contributed by atoms with van der Waals surface area (Å²) in [6.07, 6.45) is 5.78. The fourth-order valence-corrected chi connectivity index (χ4v) is 8.45. The first-order valence-electron chi connectivity index (χ1n) is 20.6. The predicted octanol–water partition coefficient (Wildman–Crippen LogP) is 12.0. The summed E-state index contributed by atoms with van der Waals surface area (Å²) in [7, 11) is 0. The van der Waals surface area contributed by atoms with Gasteiger partial charge in [-0.1, -0.05) is 150 Å². The van der Waals surface area contributed by atoms with Gasteiger partial charge in [0.25, 0.3) is 0 Å². The molecule has 5 aromatic rings. The first kappa shape index (κ1) is 44.1. The summed E-state index contributed by atoms with van der Waals surface area (Å²) in [4.78, 5) is 5.25. The molecular weight excluding hydrogens is 848 g/mol. The zero-order valence-electron chi connectivity index (χ0n) is 35.5. The number of imidazole rings is 1. The van der Waals surface area contributed by atoms with Crippen molar-refractivity contribution in [2.24, 2.45) is 11.8 Å². The van der Waals surface area contributed by atoms with Crippen LogP contribution in [-0.2, 0) is 20.1 Å². The van der Waals surface area contributed by atoms with Crippen LogP contribution >= 0.6 is 0 Å². The van der Waals surface area contributed by atoms with Crippen molar-refractivity contribution in [3.8, 4) is 17.1 Å². The number of aromatic nitrogens is 2. The van der Waals surface area contributed by atoms with E-state index in [1.807, 2.05) is 0 Å². The van der Waals surface area contributed by atoms with E-state index in [9.17, 15) is 5.11 Å². The predicted molar refractivity (Wildman–Crippen MR) is 235 cm³/mol. The molecular formula is C50H63BIrN2O-2. The van der Waals surface area contributed by atoms with E-state index in [0.29, 0.717) is 29.4 Å². The Morgan fingerprint density at radius 3 is 1.91 bits per heavy atom. The molecule has 6 rings (SSSR count). The third kappa shape index (κ3) is 9.16. The largest absolute Gasteiger partial charge is 0.531 e. The Morgan fingerprint density at radius 2 is 1.36 bits per heavy atom. The van der Waals surface area contributed by atoms with Crippen LogP contribution in [0.1, 0.15) is 140 Å². The summed E-state index contributed by atoms with van der Waals surface area (Å²) in [5.74, 6) is 3.43. The van der Waals surface area contributed by atoms with Crippen molar-refractivity contribution in [3.63, 3.8) is 0 Å². The van der Waals surface area contributed by atoms with Gasteiger partial charge in [0.1, 0.15) is 0 Å². The Morgan fingerprint density at radius 1 is 0.782 bits per heavy atom. The molecule has 0 aliphatic carbocycles. The number of fused-ring (bicyclic) bond motifs is 2. The van der Waals surface area contributed by atoms with Gasteiger partial charge >= 0.3 is 0 Å². The zero-order chi connectivity index (χ0) is 39.4. The van der Waals surface area contributed by atoms with Crippen molar-refractivity contribution in [3.05, 3.63) is 125 Å². The van der Waals surface area contributed by atoms with Gasteiger partial charge in [-0.05, 0) is 76.3 Å². The average molecular weight is 911 g/mol. The van der Waals surface area contributed by atoms with E-state index in [1.54, 1.807) is 6.08 Å². The summed E-state index contributed by atoms with van der Waals surface area (Å²) in [6, 6.07) is 28.6. The molecule has 1 radical (unpaired) electrons. The molecule has 0 fully saturated rings. The van der Waals surface area contributed by atoms with Gasteiger partial charge < -0.3 is 9.67 Å². The van der Waals surface area contributed by atoms with Gasteiger partial charge in [-0.2, -0.15) is 6.08 Å². The first-order chi connectivity index (χ1) is 25.8. The molecule has 0 saturated heterocycles. The molecule has 0 amide bonds. The van der Waals surface area contributed by atoms with Crippen LogP contribution in [0.5, 0.6) is 0 Å². The summed E-state index contributed by atoms with van der Waals surface area (Å²) >= 11 is 0. The molecule has 1 aliphatic heterocycles. The monoisotopic (exact) mass is 911 g/mol. The Bertz CT molecular complexity index is 2080. The Kier molecular flexibility index (Phi) is 15.2. The van der Waals surface area contributed by atoms with Crippen LogP contribution in [0.4, 0.5) is 0 Å². The molecule has 4 aromatic carbocycles. The topological polar surface area (TPSA) is 38.0 Å². The minimum absolute atomic E-state index is 0. The number of aliphatic hydroxyl groups excluding tert-OH is 1. The third-order valence-corrected chi connectivity index (χ3v) is 11.5. The van der Waals surface area contributed by atoms with E-state index in [-0.39, 0.29) is 32.7 Å². The van der Waals surface area contributed by atoms with Crippen LogP contribution in [-0.4, -0.2) is 21.4 Å². The van der Waals surface area contributed by atoms with Crippen molar-refractivity contribution >= 4 is 34.1 Å². The van der Waals surface area contributed by atoms with Gasteiger partial charge in [0.2, 0.25) is 6.71 Å². The molecule has 0 spiro atoms. The molecule has 0 atom stereocenters. The fourth-order valence-electron chi connectivity index (χ4n) is 8.45. The van der Waals surface area contributed by atoms with Crippen LogP contribution in [0.25, 0.3) is 28.1 Å². The smallest absolute Gasteiger partial charge is 0.247 e. The minimum atomic E-state index is 0. The van der Waals surface area contributed by atoms with Crippen molar-refractivity contribution in [1.29, 1.82) is 0 Å². The van der Waals surface area contributed by atoms with Crippen molar-refractivity contribution in [2.45, 2.75) is 127 Å². The van der Waals surface area contributed by atoms with E-state index < -0.39 is 0 Å². The minimum Gasteiger partial charge on any atom is -0.531 e. The number of nitrogens with zero attached hydrogens (tertiary/aromatic N) is 2. The molecule has 1 aliphatic rings. The number of para-hydroxylation sites is 2. The van der Waals surface area contributed by atoms with Gasteiger partial charge in [-0.15, -0.1) is 34.9 Å². The van der Waals surface area contributed by atoms with Crippen LogP contribution < -0.4 is 16.4 Å². The molecule has 1 aromatic heterocycles. The van der Waals surface area contributed by atoms with Crippen LogP contribution in [0.15, 0.2) is 84.1 Å². The van der Waals surface area contributed by atoms with Crippen LogP contribution in [0.3, 0.4) is 0 Å². The maximum absolute atomic E-state index is 9.88. The van der Waals surface area contributed by atoms with E-state index in [1.165, 1.54) is 49.8 Å². The van der Waals surface area contributed by atoms with Crippen molar-refractivity contribution in [1.82, 2.24) is 9.55 Å². The molecule has 5 heteroatoms. The Balaban J connectivity index is 0.000000360. The summed E-state index contributed by atoms with van der Waals surface area (Å²) in [5.41, 5.74) is 16.3. The first-order valence-corrected chi connectivity index (χ1v) is 20.6. The second-order valence-corrected chi connectivity index (χ2v) is 16.4. The number of benzene rings is 4. The number of hydrogen-bond acceptors (Lipinski definition) is 2. The number of aryl methyl sites for hydroxylation is 2. The number of hydrogen-bond donors (Lipinski definition) is 1. The average Bonchev–Trinajstić information content (AvgIpc) is 3.53. The maximum Gasteiger partial charge on any atom is 0.247 e. The van der Waals surface area contributed by atoms with E-state index in [4.69, 9.17) is 11.6 Å². The van der Waals surface area contributed by atoms with E-state index >= 15 is 0 Å². The Hall–Kier alpha value is -3.66. The fraction of sp³-hybridized carbons (Fsp3) is 0.420. The molecule has 0 bridgehead atoms. The van der Waals surface area contributed by atoms with Crippen LogP contribution in [0, 0.1) is 38.3 Å². The Labute approximate surface area is 347 Å². The van der Waals surface area contributed by atoms with Gasteiger partial charge in [0.05, 0.1) is 16.9 Å². The maximum atomic E-state index is 9.88. The summed E-state index contributed by atoms with van der Waals surface area (Å²) in [6.45, 7) is 32.8. The number of aliphatic hydroxyl groups is 1. The second-order valence-electron chi connectivity index (χ2n) is 16.4. The molecule has 55 heavy (non-hydrogen) atoms. The molecule has 293 valence electrons. The molecule has 2 heterocycles.